The van der Waals surface area contributed by atoms with E-state index in [9.17, 15) is 4.79 Å². The fraction of sp³-hybridized carbons (Fsp3) is 0.462. The molecule has 1 aliphatic heterocycles. The lowest BCUT2D eigenvalue weighted by Crippen LogP contribution is -2.21. The Balaban J connectivity index is 2.07. The van der Waals surface area contributed by atoms with Crippen LogP contribution >= 0.6 is 0 Å². The fourth-order valence-electron chi connectivity index (χ4n) is 1.77. The van der Waals surface area contributed by atoms with E-state index in [1.165, 1.54) is 0 Å². The lowest BCUT2D eigenvalue weighted by atomic mass is 9.97. The van der Waals surface area contributed by atoms with Gasteiger partial charge in [0, 0.05) is 0 Å². The Morgan fingerprint density at radius 2 is 2.00 bits per heavy atom. The lowest BCUT2D eigenvalue weighted by Gasteiger charge is -2.08. The second-order valence-corrected chi connectivity index (χ2v) is 4.46. The second-order valence-electron chi connectivity index (χ2n) is 4.46. The molecule has 0 N–H and O–H groups in total. The minimum Gasteiger partial charge on any atom is -0.461 e. The molecule has 1 heterocycles. The number of rotatable bonds is 3. The van der Waals surface area contributed by atoms with Crippen LogP contribution in [0, 0.1) is 0 Å². The largest absolute Gasteiger partial charge is 0.461 e. The first-order chi connectivity index (χ1) is 7.54. The molecule has 16 heavy (non-hydrogen) atoms. The summed E-state index contributed by atoms with van der Waals surface area (Å²) in [5.74, 6) is -0.277. The predicted octanol–water partition coefficient (Wildman–Crippen LogP) is 2.25. The monoisotopic (exact) mass is 220 g/mol. The van der Waals surface area contributed by atoms with Gasteiger partial charge in [-0.2, -0.15) is 0 Å². The number of ether oxygens (including phenoxy) is 2. The molecule has 2 rings (SSSR count). The van der Waals surface area contributed by atoms with Crippen LogP contribution in [-0.2, 0) is 19.9 Å². The van der Waals surface area contributed by atoms with Gasteiger partial charge in [0.05, 0.1) is 6.10 Å². The maximum Gasteiger partial charge on any atom is 0.338 e. The molecular weight excluding hydrogens is 204 g/mol. The van der Waals surface area contributed by atoms with Gasteiger partial charge < -0.3 is 9.47 Å². The molecule has 0 aliphatic carbocycles. The molecule has 0 unspecified atom stereocenters. The zero-order chi connectivity index (χ0) is 11.8. The minimum atomic E-state index is -0.507. The molecule has 0 bridgehead atoms. The number of hydrogen-bond acceptors (Lipinski definition) is 3. The van der Waals surface area contributed by atoms with Crippen LogP contribution in [0.15, 0.2) is 30.3 Å². The Kier molecular flexibility index (Phi) is 2.72. The molecule has 1 saturated heterocycles. The predicted molar refractivity (Wildman–Crippen MR) is 59.9 cm³/mol. The summed E-state index contributed by atoms with van der Waals surface area (Å²) in [5.41, 5.74) is 0.508. The Morgan fingerprint density at radius 3 is 2.56 bits per heavy atom. The number of epoxide rings is 1. The molecule has 0 radical (unpaired) electrons. The molecular formula is C13H16O3. The summed E-state index contributed by atoms with van der Waals surface area (Å²) in [6, 6.07) is 9.74. The van der Waals surface area contributed by atoms with Gasteiger partial charge in [-0.15, -0.1) is 0 Å². The molecule has 1 fully saturated rings. The summed E-state index contributed by atoms with van der Waals surface area (Å²) in [6.45, 7) is 5.58. The molecule has 86 valence electrons. The summed E-state index contributed by atoms with van der Waals surface area (Å²) in [5, 5.41) is 0. The quantitative estimate of drug-likeness (QED) is 0.579. The zero-order valence-electron chi connectivity index (χ0n) is 9.77. The average Bonchev–Trinajstić information content (AvgIpc) is 2.93. The summed E-state index contributed by atoms with van der Waals surface area (Å²) in [6.07, 6.45) is -0.561. The third-order valence-corrected chi connectivity index (χ3v) is 2.72. The van der Waals surface area contributed by atoms with Gasteiger partial charge >= 0.3 is 5.97 Å². The molecule has 0 spiro atoms. The van der Waals surface area contributed by atoms with Gasteiger partial charge in [-0.05, 0) is 26.3 Å². The van der Waals surface area contributed by atoms with Gasteiger partial charge in [0.1, 0.15) is 5.60 Å². The fourth-order valence-corrected chi connectivity index (χ4v) is 1.77. The van der Waals surface area contributed by atoms with E-state index in [0.717, 1.165) is 5.56 Å². The van der Waals surface area contributed by atoms with Crippen LogP contribution in [0.5, 0.6) is 0 Å². The number of benzene rings is 1. The summed E-state index contributed by atoms with van der Waals surface area (Å²) >= 11 is 0. The van der Waals surface area contributed by atoms with Crippen molar-refractivity contribution in [2.24, 2.45) is 0 Å². The van der Waals surface area contributed by atoms with E-state index < -0.39 is 11.7 Å². The highest BCUT2D eigenvalue weighted by atomic mass is 16.7. The van der Waals surface area contributed by atoms with Crippen LogP contribution in [0.25, 0.3) is 0 Å². The molecule has 2 atom stereocenters. The van der Waals surface area contributed by atoms with Crippen molar-refractivity contribution in [3.63, 3.8) is 0 Å². The van der Waals surface area contributed by atoms with Crippen molar-refractivity contribution in [1.82, 2.24) is 0 Å². The van der Waals surface area contributed by atoms with Crippen LogP contribution in [0.3, 0.4) is 0 Å². The van der Waals surface area contributed by atoms with E-state index in [1.807, 2.05) is 51.1 Å². The van der Waals surface area contributed by atoms with E-state index in [0.29, 0.717) is 0 Å². The van der Waals surface area contributed by atoms with Gasteiger partial charge in [0.2, 0.25) is 0 Å². The molecule has 0 saturated carbocycles. The van der Waals surface area contributed by atoms with Gasteiger partial charge in [-0.3, -0.25) is 0 Å². The first kappa shape index (κ1) is 11.1. The summed E-state index contributed by atoms with van der Waals surface area (Å²) in [4.78, 5) is 11.7. The van der Waals surface area contributed by atoms with Crippen LogP contribution < -0.4 is 0 Å². The SMILES string of the molecule is CC(C)OC(=O)[C@@H]1O[C@@]1(C)c1ccccc1. The van der Waals surface area contributed by atoms with Crippen LogP contribution in [-0.4, -0.2) is 18.2 Å². The second kappa shape index (κ2) is 3.91. The molecule has 0 aromatic heterocycles. The van der Waals surface area contributed by atoms with Crippen LogP contribution in [0.1, 0.15) is 26.3 Å². The Hall–Kier alpha value is -1.35. The van der Waals surface area contributed by atoms with Gasteiger partial charge in [0.25, 0.3) is 0 Å². The van der Waals surface area contributed by atoms with E-state index in [-0.39, 0.29) is 12.1 Å². The third-order valence-electron chi connectivity index (χ3n) is 2.72. The highest BCUT2D eigenvalue weighted by Crippen LogP contribution is 2.46. The maximum atomic E-state index is 11.7. The maximum absolute atomic E-state index is 11.7. The minimum absolute atomic E-state index is 0.100. The number of carbonyl (C=O) groups is 1. The van der Waals surface area contributed by atoms with Gasteiger partial charge in [0.15, 0.2) is 6.10 Å². The smallest absolute Gasteiger partial charge is 0.338 e. The van der Waals surface area contributed by atoms with Crippen molar-refractivity contribution in [2.75, 3.05) is 0 Å². The average molecular weight is 220 g/mol. The van der Waals surface area contributed by atoms with Crippen LogP contribution in [0.2, 0.25) is 0 Å². The van der Waals surface area contributed by atoms with Gasteiger partial charge in [-0.1, -0.05) is 30.3 Å². The van der Waals surface area contributed by atoms with E-state index in [2.05, 4.69) is 0 Å². The highest BCUT2D eigenvalue weighted by molar-refractivity contribution is 5.80. The van der Waals surface area contributed by atoms with Gasteiger partial charge in [-0.25, -0.2) is 4.79 Å². The zero-order valence-corrected chi connectivity index (χ0v) is 9.77. The summed E-state index contributed by atoms with van der Waals surface area (Å²) < 4.78 is 10.6. The van der Waals surface area contributed by atoms with E-state index in [4.69, 9.17) is 9.47 Å². The van der Waals surface area contributed by atoms with Crippen molar-refractivity contribution in [1.29, 1.82) is 0 Å². The van der Waals surface area contributed by atoms with E-state index >= 15 is 0 Å². The molecule has 0 amide bonds. The Morgan fingerprint density at radius 1 is 1.38 bits per heavy atom. The topological polar surface area (TPSA) is 38.8 Å². The number of hydrogen-bond donors (Lipinski definition) is 0. The molecule has 3 heteroatoms. The van der Waals surface area contributed by atoms with Crippen molar-refractivity contribution in [3.05, 3.63) is 35.9 Å². The van der Waals surface area contributed by atoms with Crippen molar-refractivity contribution in [3.8, 4) is 0 Å². The van der Waals surface area contributed by atoms with Crippen LogP contribution in [0.4, 0.5) is 0 Å². The Bertz CT molecular complexity index is 385. The standard InChI is InChI=1S/C13H16O3/c1-9(2)15-12(14)11-13(3,16-11)10-7-5-4-6-8-10/h4-9,11H,1-3H3/t11-,13-/m0/s1. The first-order valence-electron chi connectivity index (χ1n) is 5.48. The van der Waals surface area contributed by atoms with Crippen molar-refractivity contribution < 1.29 is 14.3 Å². The lowest BCUT2D eigenvalue weighted by molar-refractivity contribution is -0.148. The normalized spacial score (nSPS) is 27.9. The highest BCUT2D eigenvalue weighted by Gasteiger charge is 2.59. The molecule has 1 aromatic rings. The first-order valence-corrected chi connectivity index (χ1v) is 5.48. The third kappa shape index (κ3) is 1.95. The number of carbonyl (C=O) groups excluding carboxylic acids is 1. The molecule has 3 nitrogen and oxygen atoms in total. The molecule has 1 aliphatic rings. The van der Waals surface area contributed by atoms with Crippen molar-refractivity contribution >= 4 is 5.97 Å². The molecule has 1 aromatic carbocycles. The van der Waals surface area contributed by atoms with E-state index in [1.54, 1.807) is 0 Å². The summed E-state index contributed by atoms with van der Waals surface area (Å²) in [7, 11) is 0. The number of esters is 1. The van der Waals surface area contributed by atoms with Crippen molar-refractivity contribution in [2.45, 2.75) is 38.6 Å². The Labute approximate surface area is 95.4 Å².